The van der Waals surface area contributed by atoms with Crippen LogP contribution in [0.15, 0.2) is 0 Å². The molecule has 0 N–H and O–H groups in total. The van der Waals surface area contributed by atoms with Crippen LogP contribution in [0.3, 0.4) is 0 Å². The van der Waals surface area contributed by atoms with Crippen molar-refractivity contribution in [3.63, 3.8) is 0 Å². The molecule has 0 bridgehead atoms. The van der Waals surface area contributed by atoms with Crippen LogP contribution in [-0.4, -0.2) is 36.2 Å². The molecule has 0 spiro atoms. The van der Waals surface area contributed by atoms with Crippen LogP contribution in [-0.2, 0) is 4.74 Å². The van der Waals surface area contributed by atoms with Crippen molar-refractivity contribution in [3.05, 3.63) is 0 Å². The lowest BCUT2D eigenvalue weighted by Crippen LogP contribution is -2.40. The fraction of sp³-hybridized carbons (Fsp3) is 1.00. The molecule has 3 atom stereocenters. The maximum atomic E-state index is 6.14. The van der Waals surface area contributed by atoms with Gasteiger partial charge in [0.15, 0.2) is 0 Å². The smallest absolute Gasteiger partial charge is 0.0740 e. The number of likely N-dealkylation sites (tertiary alicyclic amines) is 1. The fourth-order valence-electron chi connectivity index (χ4n) is 3.08. The van der Waals surface area contributed by atoms with Gasteiger partial charge in [-0.3, -0.25) is 0 Å². The lowest BCUT2D eigenvalue weighted by atomic mass is 10.0. The predicted molar refractivity (Wildman–Crippen MR) is 58.4 cm³/mol. The summed E-state index contributed by atoms with van der Waals surface area (Å²) in [5.74, 6) is 0.910. The van der Waals surface area contributed by atoms with E-state index >= 15 is 0 Å². The number of likely N-dealkylation sites (N-methyl/N-ethyl adjacent to an activating group) is 1. The summed E-state index contributed by atoms with van der Waals surface area (Å²) in [6.07, 6.45) is 4.49. The van der Waals surface area contributed by atoms with Gasteiger partial charge in [0.1, 0.15) is 0 Å². The first-order valence-corrected chi connectivity index (χ1v) is 5.85. The van der Waals surface area contributed by atoms with E-state index < -0.39 is 0 Å². The lowest BCUT2D eigenvalue weighted by molar-refractivity contribution is -0.0797. The molecule has 0 amide bonds. The standard InChI is InChI=1S/C12H23NO/c1-12(2,3)14-10-6-5-9-7-8-13(4)11(9)10/h9-11H,5-8H2,1-4H3. The molecule has 1 heterocycles. The van der Waals surface area contributed by atoms with Crippen LogP contribution in [0.1, 0.15) is 40.0 Å². The van der Waals surface area contributed by atoms with Gasteiger partial charge in [-0.25, -0.2) is 0 Å². The van der Waals surface area contributed by atoms with E-state index in [1.807, 2.05) is 0 Å². The van der Waals surface area contributed by atoms with Crippen LogP contribution in [0, 0.1) is 5.92 Å². The second kappa shape index (κ2) is 3.49. The van der Waals surface area contributed by atoms with Crippen LogP contribution >= 0.6 is 0 Å². The van der Waals surface area contributed by atoms with E-state index in [4.69, 9.17) is 4.74 Å². The number of fused-ring (bicyclic) bond motifs is 1. The van der Waals surface area contributed by atoms with E-state index in [1.165, 1.54) is 25.8 Å². The molecule has 1 saturated heterocycles. The van der Waals surface area contributed by atoms with Crippen molar-refractivity contribution < 1.29 is 4.74 Å². The van der Waals surface area contributed by atoms with Gasteiger partial charge >= 0.3 is 0 Å². The predicted octanol–water partition coefficient (Wildman–Crippen LogP) is 2.28. The Kier molecular flexibility index (Phi) is 2.61. The molecule has 0 radical (unpaired) electrons. The molecule has 3 unspecified atom stereocenters. The van der Waals surface area contributed by atoms with E-state index in [0.29, 0.717) is 12.1 Å². The van der Waals surface area contributed by atoms with Crippen LogP contribution < -0.4 is 0 Å². The summed E-state index contributed by atoms with van der Waals surface area (Å²) in [7, 11) is 2.25. The second-order valence-corrected chi connectivity index (χ2v) is 5.87. The highest BCUT2D eigenvalue weighted by atomic mass is 16.5. The van der Waals surface area contributed by atoms with Crippen molar-refractivity contribution >= 4 is 0 Å². The molecule has 14 heavy (non-hydrogen) atoms. The minimum Gasteiger partial charge on any atom is -0.371 e. The third-order valence-electron chi connectivity index (χ3n) is 3.55. The first-order chi connectivity index (χ1) is 6.47. The number of rotatable bonds is 1. The molecule has 1 aliphatic heterocycles. The summed E-state index contributed by atoms with van der Waals surface area (Å²) < 4.78 is 6.14. The first kappa shape index (κ1) is 10.4. The van der Waals surface area contributed by atoms with Crippen LogP contribution in [0.4, 0.5) is 0 Å². The highest BCUT2D eigenvalue weighted by Crippen LogP contribution is 2.39. The normalized spacial score (nSPS) is 39.0. The van der Waals surface area contributed by atoms with Gasteiger partial charge in [-0.05, 0) is 59.5 Å². The second-order valence-electron chi connectivity index (χ2n) is 5.87. The van der Waals surface area contributed by atoms with Gasteiger partial charge in [0.05, 0.1) is 11.7 Å². The Bertz CT molecular complexity index is 209. The monoisotopic (exact) mass is 197 g/mol. The molecular weight excluding hydrogens is 174 g/mol. The van der Waals surface area contributed by atoms with Gasteiger partial charge in [-0.15, -0.1) is 0 Å². The topological polar surface area (TPSA) is 12.5 Å². The molecular formula is C12H23NO. The summed E-state index contributed by atoms with van der Waals surface area (Å²) in [5, 5.41) is 0. The molecule has 2 rings (SSSR count). The zero-order chi connectivity index (χ0) is 10.3. The summed E-state index contributed by atoms with van der Waals surface area (Å²) >= 11 is 0. The molecule has 0 aromatic rings. The molecule has 82 valence electrons. The van der Waals surface area contributed by atoms with Gasteiger partial charge in [0.25, 0.3) is 0 Å². The zero-order valence-electron chi connectivity index (χ0n) is 9.92. The maximum Gasteiger partial charge on any atom is 0.0740 e. The van der Waals surface area contributed by atoms with Crippen molar-refractivity contribution in [2.45, 2.75) is 57.8 Å². The van der Waals surface area contributed by atoms with E-state index in [2.05, 4.69) is 32.7 Å². The van der Waals surface area contributed by atoms with Crippen LogP contribution in [0.25, 0.3) is 0 Å². The van der Waals surface area contributed by atoms with E-state index in [9.17, 15) is 0 Å². The first-order valence-electron chi connectivity index (χ1n) is 5.85. The van der Waals surface area contributed by atoms with E-state index in [1.54, 1.807) is 0 Å². The molecule has 2 nitrogen and oxygen atoms in total. The van der Waals surface area contributed by atoms with Crippen molar-refractivity contribution in [2.24, 2.45) is 5.92 Å². The number of hydrogen-bond donors (Lipinski definition) is 0. The number of ether oxygens (including phenoxy) is 1. The summed E-state index contributed by atoms with van der Waals surface area (Å²) in [6, 6.07) is 0.703. The molecule has 2 heteroatoms. The Labute approximate surface area is 87.6 Å². The minimum absolute atomic E-state index is 0.0169. The Morgan fingerprint density at radius 3 is 2.50 bits per heavy atom. The summed E-state index contributed by atoms with van der Waals surface area (Å²) in [4.78, 5) is 2.49. The van der Waals surface area contributed by atoms with Crippen LogP contribution in [0.5, 0.6) is 0 Å². The number of hydrogen-bond acceptors (Lipinski definition) is 2. The van der Waals surface area contributed by atoms with Crippen LogP contribution in [0.2, 0.25) is 0 Å². The molecule has 2 aliphatic rings. The average Bonchev–Trinajstić information content (AvgIpc) is 2.54. The van der Waals surface area contributed by atoms with Gasteiger partial charge in [0, 0.05) is 6.04 Å². The zero-order valence-corrected chi connectivity index (χ0v) is 9.92. The number of nitrogens with zero attached hydrogens (tertiary/aromatic N) is 1. The molecule has 2 fully saturated rings. The Morgan fingerprint density at radius 1 is 1.14 bits per heavy atom. The third-order valence-corrected chi connectivity index (χ3v) is 3.55. The largest absolute Gasteiger partial charge is 0.371 e. The molecule has 1 aliphatic carbocycles. The third kappa shape index (κ3) is 1.96. The molecule has 1 saturated carbocycles. The van der Waals surface area contributed by atoms with Gasteiger partial charge in [-0.2, -0.15) is 0 Å². The molecule has 0 aromatic heterocycles. The Morgan fingerprint density at radius 2 is 1.86 bits per heavy atom. The van der Waals surface area contributed by atoms with Crippen molar-refractivity contribution in [3.8, 4) is 0 Å². The Balaban J connectivity index is 2.00. The summed E-state index contributed by atoms with van der Waals surface area (Å²) in [6.45, 7) is 7.75. The summed E-state index contributed by atoms with van der Waals surface area (Å²) in [5.41, 5.74) is 0.0169. The van der Waals surface area contributed by atoms with Crippen molar-refractivity contribution in [1.82, 2.24) is 4.90 Å². The van der Waals surface area contributed by atoms with E-state index in [-0.39, 0.29) is 5.60 Å². The Hall–Kier alpha value is -0.0800. The van der Waals surface area contributed by atoms with Crippen molar-refractivity contribution in [2.75, 3.05) is 13.6 Å². The minimum atomic E-state index is 0.0169. The lowest BCUT2D eigenvalue weighted by Gasteiger charge is -2.31. The SMILES string of the molecule is CN1CCC2CCC(OC(C)(C)C)C21. The quantitative estimate of drug-likeness (QED) is 0.639. The average molecular weight is 197 g/mol. The fourth-order valence-corrected chi connectivity index (χ4v) is 3.08. The maximum absolute atomic E-state index is 6.14. The molecule has 0 aromatic carbocycles. The highest BCUT2D eigenvalue weighted by molar-refractivity contribution is 4.97. The van der Waals surface area contributed by atoms with Crippen molar-refractivity contribution in [1.29, 1.82) is 0 Å². The van der Waals surface area contributed by atoms with Gasteiger partial charge in [-0.1, -0.05) is 0 Å². The highest BCUT2D eigenvalue weighted by Gasteiger charge is 2.44. The van der Waals surface area contributed by atoms with E-state index in [0.717, 1.165) is 5.92 Å². The van der Waals surface area contributed by atoms with Gasteiger partial charge in [0.2, 0.25) is 0 Å². The van der Waals surface area contributed by atoms with Gasteiger partial charge < -0.3 is 9.64 Å².